The summed E-state index contributed by atoms with van der Waals surface area (Å²) in [5.41, 5.74) is 0. The third-order valence-electron chi connectivity index (χ3n) is 3.68. The average molecular weight is 252 g/mol. The number of nitrogens with zero attached hydrogens (tertiary/aromatic N) is 4. The van der Waals surface area contributed by atoms with Crippen LogP contribution >= 0.6 is 0 Å². The number of carbonyl (C=O) groups excluding carboxylic acids is 1. The van der Waals surface area contributed by atoms with Crippen LogP contribution in [0.5, 0.6) is 0 Å². The molecule has 0 aromatic rings. The Hall–Kier alpha value is -1.12. The summed E-state index contributed by atoms with van der Waals surface area (Å²) in [5.74, 6) is 0.115. The summed E-state index contributed by atoms with van der Waals surface area (Å²) in [5, 5.41) is 8.51. The third-order valence-corrected chi connectivity index (χ3v) is 3.68. The molecular formula is C13H24N4O. The molecule has 1 aliphatic rings. The van der Waals surface area contributed by atoms with Crippen molar-refractivity contribution >= 4 is 5.91 Å². The van der Waals surface area contributed by atoms with E-state index in [2.05, 4.69) is 29.8 Å². The van der Waals surface area contributed by atoms with E-state index in [1.54, 1.807) is 11.9 Å². The van der Waals surface area contributed by atoms with Gasteiger partial charge in [0.2, 0.25) is 5.91 Å². The summed E-state index contributed by atoms with van der Waals surface area (Å²) in [6.45, 7) is 6.13. The minimum atomic E-state index is 0.115. The van der Waals surface area contributed by atoms with Gasteiger partial charge in [0.15, 0.2) is 0 Å². The van der Waals surface area contributed by atoms with Crippen LogP contribution in [-0.4, -0.2) is 73.5 Å². The Bertz CT molecular complexity index is 313. The molecule has 0 saturated carbocycles. The highest BCUT2D eigenvalue weighted by molar-refractivity contribution is 5.78. The monoisotopic (exact) mass is 252 g/mol. The van der Waals surface area contributed by atoms with Crippen LogP contribution in [0, 0.1) is 11.3 Å². The Morgan fingerprint density at radius 2 is 2.22 bits per heavy atom. The molecule has 1 rings (SSSR count). The van der Waals surface area contributed by atoms with Crippen molar-refractivity contribution in [3.05, 3.63) is 0 Å². The topological polar surface area (TPSA) is 50.6 Å². The van der Waals surface area contributed by atoms with Gasteiger partial charge in [-0.15, -0.1) is 0 Å². The smallest absolute Gasteiger partial charge is 0.236 e. The predicted octanol–water partition coefficient (Wildman–Crippen LogP) is 0.384. The van der Waals surface area contributed by atoms with E-state index in [0.717, 1.165) is 26.1 Å². The number of amides is 1. The van der Waals surface area contributed by atoms with Gasteiger partial charge in [0.25, 0.3) is 0 Å². The molecule has 1 atom stereocenters. The Labute approximate surface area is 110 Å². The Balaban J connectivity index is 2.38. The molecule has 0 aromatic carbocycles. The van der Waals surface area contributed by atoms with Crippen molar-refractivity contribution in [1.82, 2.24) is 14.7 Å². The molecule has 0 radical (unpaired) electrons. The fourth-order valence-corrected chi connectivity index (χ4v) is 2.25. The van der Waals surface area contributed by atoms with Crippen molar-refractivity contribution in [2.24, 2.45) is 0 Å². The third kappa shape index (κ3) is 4.28. The van der Waals surface area contributed by atoms with Crippen molar-refractivity contribution in [2.75, 3.05) is 46.8 Å². The van der Waals surface area contributed by atoms with E-state index < -0.39 is 0 Å². The van der Waals surface area contributed by atoms with Crippen molar-refractivity contribution in [3.63, 3.8) is 0 Å². The molecule has 5 nitrogen and oxygen atoms in total. The van der Waals surface area contributed by atoms with Crippen LogP contribution in [0.4, 0.5) is 0 Å². The lowest BCUT2D eigenvalue weighted by Crippen LogP contribution is -2.53. The molecule has 1 aliphatic heterocycles. The quantitative estimate of drug-likeness (QED) is 0.710. The van der Waals surface area contributed by atoms with Crippen LogP contribution in [-0.2, 0) is 4.79 Å². The summed E-state index contributed by atoms with van der Waals surface area (Å²) in [4.78, 5) is 18.2. The molecule has 5 heteroatoms. The average Bonchev–Trinajstić information content (AvgIpc) is 2.37. The molecule has 0 bridgehead atoms. The van der Waals surface area contributed by atoms with Gasteiger partial charge in [-0.2, -0.15) is 5.26 Å². The molecular weight excluding hydrogens is 228 g/mol. The Morgan fingerprint density at radius 1 is 1.50 bits per heavy atom. The van der Waals surface area contributed by atoms with Crippen LogP contribution in [0.15, 0.2) is 0 Å². The zero-order valence-electron chi connectivity index (χ0n) is 11.7. The lowest BCUT2D eigenvalue weighted by Gasteiger charge is -2.39. The minimum Gasteiger partial charge on any atom is -0.344 e. The molecule has 0 N–H and O–H groups in total. The summed E-state index contributed by atoms with van der Waals surface area (Å²) in [6.07, 6.45) is 1.52. The van der Waals surface area contributed by atoms with Crippen LogP contribution < -0.4 is 0 Å². The second-order valence-corrected chi connectivity index (χ2v) is 5.00. The fourth-order valence-electron chi connectivity index (χ4n) is 2.25. The van der Waals surface area contributed by atoms with E-state index in [9.17, 15) is 4.79 Å². The molecule has 0 aromatic heterocycles. The zero-order valence-corrected chi connectivity index (χ0v) is 11.7. The Kier molecular flexibility index (Phi) is 6.10. The van der Waals surface area contributed by atoms with Crippen molar-refractivity contribution in [2.45, 2.75) is 25.8 Å². The van der Waals surface area contributed by atoms with Gasteiger partial charge in [0.1, 0.15) is 0 Å². The predicted molar refractivity (Wildman–Crippen MR) is 71.0 cm³/mol. The van der Waals surface area contributed by atoms with Gasteiger partial charge >= 0.3 is 0 Å². The van der Waals surface area contributed by atoms with Crippen LogP contribution in [0.25, 0.3) is 0 Å². The highest BCUT2D eigenvalue weighted by Crippen LogP contribution is 2.10. The molecule has 1 unspecified atom stereocenters. The van der Waals surface area contributed by atoms with Crippen molar-refractivity contribution in [3.8, 4) is 6.07 Å². The highest BCUT2D eigenvalue weighted by Gasteiger charge is 2.24. The minimum absolute atomic E-state index is 0.115. The first-order valence-electron chi connectivity index (χ1n) is 6.62. The lowest BCUT2D eigenvalue weighted by molar-refractivity contribution is -0.131. The number of hydrogen-bond donors (Lipinski definition) is 0. The first kappa shape index (κ1) is 14.9. The molecule has 1 saturated heterocycles. The van der Waals surface area contributed by atoms with Gasteiger partial charge in [-0.25, -0.2) is 0 Å². The van der Waals surface area contributed by atoms with Gasteiger partial charge in [0, 0.05) is 39.3 Å². The van der Waals surface area contributed by atoms with E-state index in [1.165, 1.54) is 0 Å². The largest absolute Gasteiger partial charge is 0.344 e. The summed E-state index contributed by atoms with van der Waals surface area (Å²) in [7, 11) is 3.92. The molecule has 1 amide bonds. The highest BCUT2D eigenvalue weighted by atomic mass is 16.2. The lowest BCUT2D eigenvalue weighted by atomic mass is 10.1. The number of hydrogen-bond acceptors (Lipinski definition) is 4. The number of rotatable bonds is 5. The zero-order chi connectivity index (χ0) is 13.5. The molecule has 0 spiro atoms. The maximum absolute atomic E-state index is 12.0. The van der Waals surface area contributed by atoms with Gasteiger partial charge in [-0.05, 0) is 13.5 Å². The van der Waals surface area contributed by atoms with Crippen LogP contribution in [0.1, 0.15) is 19.8 Å². The second kappa shape index (κ2) is 7.34. The number of likely N-dealkylation sites (N-methyl/N-ethyl adjacent to an activating group) is 2. The Morgan fingerprint density at radius 3 is 2.83 bits per heavy atom. The van der Waals surface area contributed by atoms with E-state index >= 15 is 0 Å². The number of piperazine rings is 1. The molecule has 1 heterocycles. The summed E-state index contributed by atoms with van der Waals surface area (Å²) < 4.78 is 0. The maximum atomic E-state index is 12.0. The number of carbonyl (C=O) groups is 1. The molecule has 1 fully saturated rings. The van der Waals surface area contributed by atoms with E-state index in [4.69, 9.17) is 5.26 Å². The fraction of sp³-hybridized carbons (Fsp3) is 0.846. The van der Waals surface area contributed by atoms with Gasteiger partial charge < -0.3 is 9.80 Å². The molecule has 18 heavy (non-hydrogen) atoms. The van der Waals surface area contributed by atoms with Gasteiger partial charge in [0.05, 0.1) is 19.0 Å². The van der Waals surface area contributed by atoms with Gasteiger partial charge in [-0.3, -0.25) is 9.69 Å². The summed E-state index contributed by atoms with van der Waals surface area (Å²) >= 11 is 0. The van der Waals surface area contributed by atoms with Crippen molar-refractivity contribution < 1.29 is 4.79 Å². The molecule has 0 aliphatic carbocycles. The SMILES string of the molecule is CCC1CN(CC(=O)N(C)CCC#N)CCN1C. The van der Waals surface area contributed by atoms with E-state index in [-0.39, 0.29) is 5.91 Å². The summed E-state index contributed by atoms with van der Waals surface area (Å²) in [6, 6.07) is 2.62. The van der Waals surface area contributed by atoms with E-state index in [0.29, 0.717) is 25.6 Å². The standard InChI is InChI=1S/C13H24N4O/c1-4-12-10-17(9-8-15(12)2)11-13(18)16(3)7-5-6-14/h12H,4-5,7-11H2,1-3H3. The van der Waals surface area contributed by atoms with Gasteiger partial charge in [-0.1, -0.05) is 6.92 Å². The first-order valence-corrected chi connectivity index (χ1v) is 6.62. The molecule has 102 valence electrons. The van der Waals surface area contributed by atoms with Crippen LogP contribution in [0.2, 0.25) is 0 Å². The van der Waals surface area contributed by atoms with E-state index in [1.807, 2.05) is 0 Å². The first-order chi connectivity index (χ1) is 8.58. The normalized spacial score (nSPS) is 21.6. The number of nitriles is 1. The maximum Gasteiger partial charge on any atom is 0.236 e. The van der Waals surface area contributed by atoms with Crippen molar-refractivity contribution in [1.29, 1.82) is 5.26 Å². The van der Waals surface area contributed by atoms with Crippen LogP contribution in [0.3, 0.4) is 0 Å². The second-order valence-electron chi connectivity index (χ2n) is 5.00.